The van der Waals surface area contributed by atoms with Crippen molar-refractivity contribution in [2.45, 2.75) is 45.4 Å². The smallest absolute Gasteiger partial charge is 0.138 e. The van der Waals surface area contributed by atoms with Gasteiger partial charge >= 0.3 is 0 Å². The van der Waals surface area contributed by atoms with Crippen molar-refractivity contribution in [3.63, 3.8) is 0 Å². The summed E-state index contributed by atoms with van der Waals surface area (Å²) >= 11 is 0. The third-order valence-corrected chi connectivity index (χ3v) is 3.11. The number of unbranched alkanes of at least 4 members (excludes halogenated alkanes) is 1. The van der Waals surface area contributed by atoms with Crippen LogP contribution in [0.25, 0.3) is 0 Å². The molecular formula is C11H20O2. The summed E-state index contributed by atoms with van der Waals surface area (Å²) in [5.41, 5.74) is 0. The number of ketones is 1. The molecule has 76 valence electrons. The van der Waals surface area contributed by atoms with Crippen LogP contribution in [0.4, 0.5) is 0 Å². The predicted molar refractivity (Wildman–Crippen MR) is 52.4 cm³/mol. The fraction of sp³-hybridized carbons (Fsp3) is 0.909. The summed E-state index contributed by atoms with van der Waals surface area (Å²) in [6.07, 6.45) is 6.35. The van der Waals surface area contributed by atoms with Crippen LogP contribution in [0.3, 0.4) is 0 Å². The van der Waals surface area contributed by atoms with E-state index in [0.717, 1.165) is 19.3 Å². The molecule has 1 fully saturated rings. The molecule has 1 saturated carbocycles. The van der Waals surface area contributed by atoms with E-state index in [1.165, 1.54) is 12.8 Å². The van der Waals surface area contributed by atoms with Crippen molar-refractivity contribution in [3.8, 4) is 0 Å². The van der Waals surface area contributed by atoms with Crippen LogP contribution in [0.5, 0.6) is 0 Å². The van der Waals surface area contributed by atoms with Crippen LogP contribution in [-0.2, 0) is 4.79 Å². The Morgan fingerprint density at radius 2 is 2.31 bits per heavy atom. The third kappa shape index (κ3) is 2.80. The standard InChI is InChI=1S/C11H20O2/c1-2-3-5-9-6-4-7-11(13)10(9)8-12/h9-10,12H,2-8H2,1H3. The van der Waals surface area contributed by atoms with E-state index in [9.17, 15) is 4.79 Å². The summed E-state index contributed by atoms with van der Waals surface area (Å²) in [7, 11) is 0. The summed E-state index contributed by atoms with van der Waals surface area (Å²) in [5, 5.41) is 9.11. The van der Waals surface area contributed by atoms with Gasteiger partial charge in [-0.2, -0.15) is 0 Å². The molecule has 1 aliphatic rings. The van der Waals surface area contributed by atoms with Crippen LogP contribution in [0.15, 0.2) is 0 Å². The zero-order valence-corrected chi connectivity index (χ0v) is 8.46. The molecule has 2 nitrogen and oxygen atoms in total. The van der Waals surface area contributed by atoms with Gasteiger partial charge in [-0.3, -0.25) is 4.79 Å². The number of hydrogen-bond acceptors (Lipinski definition) is 2. The van der Waals surface area contributed by atoms with E-state index in [-0.39, 0.29) is 18.3 Å². The normalized spacial score (nSPS) is 29.2. The maximum absolute atomic E-state index is 11.4. The second-order valence-corrected chi connectivity index (χ2v) is 4.05. The first-order chi connectivity index (χ1) is 6.29. The SMILES string of the molecule is CCCCC1CCCC(=O)C1CO. The van der Waals surface area contributed by atoms with Gasteiger partial charge in [-0.15, -0.1) is 0 Å². The Morgan fingerprint density at radius 1 is 1.54 bits per heavy atom. The lowest BCUT2D eigenvalue weighted by Crippen LogP contribution is -2.31. The second kappa shape index (κ2) is 5.38. The lowest BCUT2D eigenvalue weighted by molar-refractivity contribution is -0.128. The first-order valence-corrected chi connectivity index (χ1v) is 5.43. The molecule has 1 aliphatic carbocycles. The largest absolute Gasteiger partial charge is 0.396 e. The minimum Gasteiger partial charge on any atom is -0.396 e. The van der Waals surface area contributed by atoms with E-state index in [1.54, 1.807) is 0 Å². The number of carbonyl (C=O) groups excluding carboxylic acids is 1. The van der Waals surface area contributed by atoms with Crippen molar-refractivity contribution in [1.82, 2.24) is 0 Å². The van der Waals surface area contributed by atoms with Crippen molar-refractivity contribution in [1.29, 1.82) is 0 Å². The number of carbonyl (C=O) groups is 1. The zero-order valence-electron chi connectivity index (χ0n) is 8.46. The fourth-order valence-electron chi connectivity index (χ4n) is 2.25. The first kappa shape index (κ1) is 10.7. The van der Waals surface area contributed by atoms with Crippen molar-refractivity contribution >= 4 is 5.78 Å². The Hall–Kier alpha value is -0.370. The van der Waals surface area contributed by atoms with Crippen LogP contribution >= 0.6 is 0 Å². The maximum Gasteiger partial charge on any atom is 0.138 e. The second-order valence-electron chi connectivity index (χ2n) is 4.05. The molecule has 0 aliphatic heterocycles. The molecule has 0 heterocycles. The highest BCUT2D eigenvalue weighted by atomic mass is 16.3. The van der Waals surface area contributed by atoms with Gasteiger partial charge in [-0.05, 0) is 25.2 Å². The summed E-state index contributed by atoms with van der Waals surface area (Å²) in [6, 6.07) is 0. The van der Waals surface area contributed by atoms with E-state index < -0.39 is 0 Å². The predicted octanol–water partition coefficient (Wildman–Crippen LogP) is 2.15. The van der Waals surface area contributed by atoms with Crippen molar-refractivity contribution in [3.05, 3.63) is 0 Å². The Bertz CT molecular complexity index is 165. The minimum atomic E-state index is -0.0414. The van der Waals surface area contributed by atoms with Gasteiger partial charge in [-0.1, -0.05) is 19.8 Å². The summed E-state index contributed by atoms with van der Waals surface area (Å²) in [5.74, 6) is 0.710. The molecule has 0 bridgehead atoms. The van der Waals surface area contributed by atoms with Crippen LogP contribution < -0.4 is 0 Å². The highest BCUT2D eigenvalue weighted by molar-refractivity contribution is 5.82. The quantitative estimate of drug-likeness (QED) is 0.727. The number of Topliss-reactive ketones (excluding diaryl/α,β-unsaturated/α-hetero) is 1. The van der Waals surface area contributed by atoms with Gasteiger partial charge in [0.1, 0.15) is 5.78 Å². The topological polar surface area (TPSA) is 37.3 Å². The van der Waals surface area contributed by atoms with E-state index in [2.05, 4.69) is 6.92 Å². The summed E-state index contributed by atoms with van der Waals surface area (Å²) in [6.45, 7) is 2.23. The number of hydrogen-bond donors (Lipinski definition) is 1. The average Bonchev–Trinajstić information content (AvgIpc) is 2.15. The monoisotopic (exact) mass is 184 g/mol. The van der Waals surface area contributed by atoms with Crippen molar-refractivity contribution in [2.75, 3.05) is 6.61 Å². The van der Waals surface area contributed by atoms with Crippen molar-refractivity contribution in [2.24, 2.45) is 11.8 Å². The van der Waals surface area contributed by atoms with Crippen LogP contribution in [0.2, 0.25) is 0 Å². The van der Waals surface area contributed by atoms with Crippen molar-refractivity contribution < 1.29 is 9.90 Å². The van der Waals surface area contributed by atoms with Crippen LogP contribution in [0.1, 0.15) is 45.4 Å². The number of aliphatic hydroxyl groups is 1. The van der Waals surface area contributed by atoms with E-state index in [0.29, 0.717) is 12.3 Å². The Balaban J connectivity index is 2.44. The molecule has 2 atom stereocenters. The maximum atomic E-state index is 11.4. The number of aliphatic hydroxyl groups excluding tert-OH is 1. The Morgan fingerprint density at radius 3 is 2.92 bits per heavy atom. The summed E-state index contributed by atoms with van der Waals surface area (Å²) in [4.78, 5) is 11.4. The lowest BCUT2D eigenvalue weighted by atomic mass is 9.76. The molecular weight excluding hydrogens is 164 g/mol. The Kier molecular flexibility index (Phi) is 4.43. The van der Waals surface area contributed by atoms with Gasteiger partial charge in [0.15, 0.2) is 0 Å². The van der Waals surface area contributed by atoms with Gasteiger partial charge in [-0.25, -0.2) is 0 Å². The van der Waals surface area contributed by atoms with Crippen LogP contribution in [-0.4, -0.2) is 17.5 Å². The first-order valence-electron chi connectivity index (χ1n) is 5.43. The highest BCUT2D eigenvalue weighted by Crippen LogP contribution is 2.30. The molecule has 0 aromatic rings. The van der Waals surface area contributed by atoms with E-state index >= 15 is 0 Å². The molecule has 1 N–H and O–H groups in total. The van der Waals surface area contributed by atoms with Gasteiger partial charge in [0, 0.05) is 12.3 Å². The van der Waals surface area contributed by atoms with Gasteiger partial charge in [0.2, 0.25) is 0 Å². The van der Waals surface area contributed by atoms with E-state index in [4.69, 9.17) is 5.11 Å². The molecule has 0 amide bonds. The fourth-order valence-corrected chi connectivity index (χ4v) is 2.25. The zero-order chi connectivity index (χ0) is 9.68. The lowest BCUT2D eigenvalue weighted by Gasteiger charge is -2.28. The molecule has 0 aromatic carbocycles. The molecule has 1 rings (SSSR count). The molecule has 0 spiro atoms. The van der Waals surface area contributed by atoms with Gasteiger partial charge < -0.3 is 5.11 Å². The van der Waals surface area contributed by atoms with E-state index in [1.807, 2.05) is 0 Å². The average molecular weight is 184 g/mol. The molecule has 0 saturated heterocycles. The molecule has 0 radical (unpaired) electrons. The Labute approximate surface area is 80.3 Å². The van der Waals surface area contributed by atoms with Gasteiger partial charge in [0.25, 0.3) is 0 Å². The summed E-state index contributed by atoms with van der Waals surface area (Å²) < 4.78 is 0. The highest BCUT2D eigenvalue weighted by Gasteiger charge is 2.30. The molecule has 2 heteroatoms. The molecule has 2 unspecified atom stereocenters. The molecule has 0 aromatic heterocycles. The van der Waals surface area contributed by atoms with Gasteiger partial charge in [0.05, 0.1) is 6.61 Å². The minimum absolute atomic E-state index is 0.0414. The third-order valence-electron chi connectivity index (χ3n) is 3.11. The molecule has 13 heavy (non-hydrogen) atoms. The van der Waals surface area contributed by atoms with Crippen LogP contribution in [0, 0.1) is 11.8 Å². The number of rotatable bonds is 4.